The van der Waals surface area contributed by atoms with E-state index >= 15 is 0 Å². The Hall–Kier alpha value is -1.92. The molecule has 1 heterocycles. The minimum absolute atomic E-state index is 0.408. The van der Waals surface area contributed by atoms with Gasteiger partial charge in [-0.2, -0.15) is 5.26 Å². The molecule has 1 aliphatic heterocycles. The molecule has 3 nitrogen and oxygen atoms in total. The first-order chi connectivity index (χ1) is 9.70. The normalized spacial score (nSPS) is 22.1. The first kappa shape index (κ1) is 13.1. The zero-order valence-electron chi connectivity index (χ0n) is 11.0. The van der Waals surface area contributed by atoms with Gasteiger partial charge in [-0.1, -0.05) is 23.7 Å². The molecule has 0 bridgehead atoms. The Kier molecular flexibility index (Phi) is 3.42. The Bertz CT molecular complexity index is 637. The summed E-state index contributed by atoms with van der Waals surface area (Å²) in [5.74, 6) is 0.952. The second kappa shape index (κ2) is 5.22. The average molecular weight is 287 g/mol. The number of nitriles is 1. The van der Waals surface area contributed by atoms with E-state index < -0.39 is 6.10 Å². The molecule has 1 aliphatic carbocycles. The van der Waals surface area contributed by atoms with Crippen molar-refractivity contribution in [1.82, 2.24) is 0 Å². The van der Waals surface area contributed by atoms with Gasteiger partial charge in [0.25, 0.3) is 0 Å². The molecule has 4 heteroatoms. The molecular formula is C16H15ClN2O. The topological polar surface area (TPSA) is 59.0 Å². The third-order valence-electron chi connectivity index (χ3n) is 3.85. The van der Waals surface area contributed by atoms with E-state index in [0.29, 0.717) is 16.3 Å². The molecule has 0 saturated carbocycles. The van der Waals surface area contributed by atoms with Crippen molar-refractivity contribution in [2.24, 2.45) is 5.73 Å². The molecule has 1 atom stereocenters. The van der Waals surface area contributed by atoms with Crippen LogP contribution in [0.4, 0.5) is 0 Å². The summed E-state index contributed by atoms with van der Waals surface area (Å²) in [5, 5.41) is 10.1. The lowest BCUT2D eigenvalue weighted by molar-refractivity contribution is 0.127. The van der Waals surface area contributed by atoms with Gasteiger partial charge in [-0.25, -0.2) is 0 Å². The van der Waals surface area contributed by atoms with Crippen molar-refractivity contribution in [2.45, 2.75) is 31.8 Å². The van der Waals surface area contributed by atoms with Gasteiger partial charge in [-0.3, -0.25) is 0 Å². The van der Waals surface area contributed by atoms with E-state index in [1.165, 1.54) is 0 Å². The van der Waals surface area contributed by atoms with Crippen LogP contribution in [0.15, 0.2) is 46.9 Å². The molecule has 0 aromatic heterocycles. The highest BCUT2D eigenvalue weighted by Crippen LogP contribution is 2.41. The maximum Gasteiger partial charge on any atom is 0.160 e. The molecule has 1 aromatic carbocycles. The Labute approximate surface area is 123 Å². The number of rotatable bonds is 1. The van der Waals surface area contributed by atoms with E-state index in [2.05, 4.69) is 6.07 Å². The van der Waals surface area contributed by atoms with Crippen LogP contribution < -0.4 is 5.73 Å². The number of allylic oxidation sites excluding steroid dienone is 2. The lowest BCUT2D eigenvalue weighted by atomic mass is 9.88. The van der Waals surface area contributed by atoms with E-state index in [-0.39, 0.29) is 0 Å². The first-order valence-electron chi connectivity index (χ1n) is 6.75. The van der Waals surface area contributed by atoms with Crippen LogP contribution in [-0.4, -0.2) is 0 Å². The monoisotopic (exact) mass is 286 g/mol. The number of hydrogen-bond donors (Lipinski definition) is 1. The zero-order valence-corrected chi connectivity index (χ0v) is 11.8. The predicted molar refractivity (Wildman–Crippen MR) is 77.6 cm³/mol. The number of benzene rings is 1. The van der Waals surface area contributed by atoms with Crippen molar-refractivity contribution in [1.29, 1.82) is 5.26 Å². The van der Waals surface area contributed by atoms with Crippen LogP contribution in [0.1, 0.15) is 37.4 Å². The first-order valence-corrected chi connectivity index (χ1v) is 7.12. The van der Waals surface area contributed by atoms with E-state index in [0.717, 1.165) is 42.6 Å². The van der Waals surface area contributed by atoms with Crippen molar-refractivity contribution >= 4 is 11.6 Å². The quantitative estimate of drug-likeness (QED) is 0.849. The summed E-state index contributed by atoms with van der Waals surface area (Å²) in [7, 11) is 0. The third kappa shape index (κ3) is 2.17. The summed E-state index contributed by atoms with van der Waals surface area (Å²) in [6.45, 7) is 0. The van der Waals surface area contributed by atoms with Gasteiger partial charge in [0.15, 0.2) is 6.10 Å². The SMILES string of the molecule is N#CC1=C(N)C2=C(CCCC2)OC1c1ccc(Cl)cc1. The lowest BCUT2D eigenvalue weighted by Crippen LogP contribution is -2.22. The predicted octanol–water partition coefficient (Wildman–Crippen LogP) is 3.98. The van der Waals surface area contributed by atoms with Gasteiger partial charge in [0, 0.05) is 17.0 Å². The molecule has 2 aliphatic rings. The van der Waals surface area contributed by atoms with Crippen LogP contribution in [0, 0.1) is 11.3 Å². The molecular weight excluding hydrogens is 272 g/mol. The van der Waals surface area contributed by atoms with Gasteiger partial charge in [-0.15, -0.1) is 0 Å². The number of nitrogens with two attached hydrogens (primary N) is 1. The number of hydrogen-bond acceptors (Lipinski definition) is 3. The molecule has 3 rings (SSSR count). The highest BCUT2D eigenvalue weighted by Gasteiger charge is 2.31. The molecule has 0 fully saturated rings. The molecule has 0 amide bonds. The molecule has 0 radical (unpaired) electrons. The summed E-state index contributed by atoms with van der Waals surface area (Å²) < 4.78 is 6.07. The zero-order chi connectivity index (χ0) is 14.1. The van der Waals surface area contributed by atoms with E-state index in [1.807, 2.05) is 12.1 Å². The van der Waals surface area contributed by atoms with Crippen molar-refractivity contribution in [3.8, 4) is 6.07 Å². The van der Waals surface area contributed by atoms with Crippen LogP contribution in [0.3, 0.4) is 0 Å². The van der Waals surface area contributed by atoms with Crippen LogP contribution in [0.2, 0.25) is 5.02 Å². The van der Waals surface area contributed by atoms with Crippen LogP contribution in [0.5, 0.6) is 0 Å². The molecule has 2 N–H and O–H groups in total. The van der Waals surface area contributed by atoms with Gasteiger partial charge >= 0.3 is 0 Å². The van der Waals surface area contributed by atoms with E-state index in [9.17, 15) is 5.26 Å². The molecule has 0 saturated heterocycles. The average Bonchev–Trinajstić information content (AvgIpc) is 2.48. The lowest BCUT2D eigenvalue weighted by Gasteiger charge is -2.31. The third-order valence-corrected chi connectivity index (χ3v) is 4.10. The van der Waals surface area contributed by atoms with Gasteiger partial charge in [0.05, 0.1) is 11.3 Å². The smallest absolute Gasteiger partial charge is 0.160 e. The van der Waals surface area contributed by atoms with Crippen molar-refractivity contribution in [3.63, 3.8) is 0 Å². The summed E-state index contributed by atoms with van der Waals surface area (Å²) in [6.07, 6.45) is 3.61. The van der Waals surface area contributed by atoms with Crippen molar-refractivity contribution < 1.29 is 4.74 Å². The summed E-state index contributed by atoms with van der Waals surface area (Å²) in [4.78, 5) is 0. The van der Waals surface area contributed by atoms with Crippen LogP contribution in [-0.2, 0) is 4.74 Å². The largest absolute Gasteiger partial charge is 0.484 e. The molecule has 20 heavy (non-hydrogen) atoms. The molecule has 1 unspecified atom stereocenters. The second-order valence-corrected chi connectivity index (χ2v) is 5.53. The maximum atomic E-state index is 9.42. The maximum absolute atomic E-state index is 9.42. The second-order valence-electron chi connectivity index (χ2n) is 5.10. The van der Waals surface area contributed by atoms with Gasteiger partial charge < -0.3 is 10.5 Å². The Balaban J connectivity index is 2.04. The number of nitrogens with zero attached hydrogens (tertiary/aromatic N) is 1. The van der Waals surface area contributed by atoms with Crippen molar-refractivity contribution in [2.75, 3.05) is 0 Å². The highest BCUT2D eigenvalue weighted by atomic mass is 35.5. The summed E-state index contributed by atoms with van der Waals surface area (Å²) in [5.41, 5.74) is 9.24. The Morgan fingerprint density at radius 2 is 1.90 bits per heavy atom. The Morgan fingerprint density at radius 3 is 2.60 bits per heavy atom. The Morgan fingerprint density at radius 1 is 1.20 bits per heavy atom. The molecule has 1 aromatic rings. The van der Waals surface area contributed by atoms with Gasteiger partial charge in [0.2, 0.25) is 0 Å². The summed E-state index contributed by atoms with van der Waals surface area (Å²) >= 11 is 5.91. The minimum Gasteiger partial charge on any atom is -0.484 e. The molecule has 0 spiro atoms. The fraction of sp³-hybridized carbons (Fsp3) is 0.312. The van der Waals surface area contributed by atoms with Gasteiger partial charge in [0.1, 0.15) is 11.8 Å². The fourth-order valence-electron chi connectivity index (χ4n) is 2.79. The van der Waals surface area contributed by atoms with Crippen LogP contribution in [0.25, 0.3) is 0 Å². The summed E-state index contributed by atoms with van der Waals surface area (Å²) in [6, 6.07) is 9.58. The molecule has 102 valence electrons. The van der Waals surface area contributed by atoms with E-state index in [4.69, 9.17) is 22.1 Å². The highest BCUT2D eigenvalue weighted by molar-refractivity contribution is 6.30. The number of halogens is 1. The minimum atomic E-state index is -0.408. The fourth-order valence-corrected chi connectivity index (χ4v) is 2.91. The van der Waals surface area contributed by atoms with Crippen molar-refractivity contribution in [3.05, 3.63) is 57.5 Å². The van der Waals surface area contributed by atoms with Crippen LogP contribution >= 0.6 is 11.6 Å². The van der Waals surface area contributed by atoms with E-state index in [1.54, 1.807) is 12.1 Å². The van der Waals surface area contributed by atoms with Gasteiger partial charge in [-0.05, 0) is 37.0 Å². The number of ether oxygens (including phenoxy) is 1. The standard InChI is InChI=1S/C16H15ClN2O/c17-11-7-5-10(6-8-11)16-13(9-18)15(19)12-3-1-2-4-14(12)20-16/h5-8,16H,1-4,19H2.